The SMILES string of the molecule is CC(CN(C)C(=O)NCC1(c2cccc(F)c2)CCCCC1)C(=O)O. The molecular weight excluding hydrogens is 323 g/mol. The lowest BCUT2D eigenvalue weighted by Crippen LogP contribution is -2.47. The fourth-order valence-corrected chi connectivity index (χ4v) is 3.57. The maximum absolute atomic E-state index is 13.7. The van der Waals surface area contributed by atoms with Crippen molar-refractivity contribution in [2.45, 2.75) is 44.4 Å². The molecule has 1 aliphatic carbocycles. The molecule has 25 heavy (non-hydrogen) atoms. The molecule has 5 nitrogen and oxygen atoms in total. The van der Waals surface area contributed by atoms with Gasteiger partial charge >= 0.3 is 12.0 Å². The van der Waals surface area contributed by atoms with E-state index < -0.39 is 11.9 Å². The highest BCUT2D eigenvalue weighted by Crippen LogP contribution is 2.39. The summed E-state index contributed by atoms with van der Waals surface area (Å²) in [5.74, 6) is -1.81. The number of carbonyl (C=O) groups is 2. The van der Waals surface area contributed by atoms with E-state index >= 15 is 0 Å². The Morgan fingerprint density at radius 1 is 1.32 bits per heavy atom. The van der Waals surface area contributed by atoms with E-state index in [1.54, 1.807) is 26.1 Å². The predicted molar refractivity (Wildman–Crippen MR) is 94.0 cm³/mol. The van der Waals surface area contributed by atoms with Crippen molar-refractivity contribution in [1.29, 1.82) is 0 Å². The Bertz CT molecular complexity index is 614. The van der Waals surface area contributed by atoms with Crippen molar-refractivity contribution < 1.29 is 19.1 Å². The second-order valence-electron chi connectivity index (χ2n) is 7.13. The summed E-state index contributed by atoms with van der Waals surface area (Å²) in [5, 5.41) is 11.9. The molecule has 1 unspecified atom stereocenters. The number of nitrogens with zero attached hydrogens (tertiary/aromatic N) is 1. The molecule has 2 amide bonds. The maximum Gasteiger partial charge on any atom is 0.317 e. The van der Waals surface area contributed by atoms with Crippen molar-refractivity contribution >= 4 is 12.0 Å². The zero-order chi connectivity index (χ0) is 18.4. The first kappa shape index (κ1) is 19.2. The predicted octanol–water partition coefficient (Wildman–Crippen LogP) is 3.39. The normalized spacial score (nSPS) is 17.6. The van der Waals surface area contributed by atoms with Crippen LogP contribution in [-0.4, -0.2) is 42.1 Å². The third-order valence-corrected chi connectivity index (χ3v) is 5.14. The summed E-state index contributed by atoms with van der Waals surface area (Å²) in [4.78, 5) is 24.7. The zero-order valence-corrected chi connectivity index (χ0v) is 14.9. The van der Waals surface area contributed by atoms with E-state index in [-0.39, 0.29) is 23.8 Å². The zero-order valence-electron chi connectivity index (χ0n) is 14.9. The van der Waals surface area contributed by atoms with Gasteiger partial charge in [-0.1, -0.05) is 38.3 Å². The fraction of sp³-hybridized carbons (Fsp3) is 0.579. The molecule has 138 valence electrons. The summed E-state index contributed by atoms with van der Waals surface area (Å²) in [6.45, 7) is 2.15. The van der Waals surface area contributed by atoms with Gasteiger partial charge in [0.15, 0.2) is 0 Å². The van der Waals surface area contributed by atoms with Crippen LogP contribution >= 0.6 is 0 Å². The molecule has 0 aliphatic heterocycles. The lowest BCUT2D eigenvalue weighted by molar-refractivity contribution is -0.141. The highest BCUT2D eigenvalue weighted by Gasteiger charge is 2.34. The minimum absolute atomic E-state index is 0.147. The topological polar surface area (TPSA) is 69.6 Å². The largest absolute Gasteiger partial charge is 0.481 e. The minimum Gasteiger partial charge on any atom is -0.481 e. The number of rotatable bonds is 6. The second-order valence-corrected chi connectivity index (χ2v) is 7.13. The van der Waals surface area contributed by atoms with E-state index in [9.17, 15) is 14.0 Å². The Labute approximate surface area is 148 Å². The van der Waals surface area contributed by atoms with Gasteiger partial charge in [0.25, 0.3) is 0 Å². The molecule has 6 heteroatoms. The lowest BCUT2D eigenvalue weighted by Gasteiger charge is -2.38. The smallest absolute Gasteiger partial charge is 0.317 e. The van der Waals surface area contributed by atoms with Crippen LogP contribution in [0.15, 0.2) is 24.3 Å². The van der Waals surface area contributed by atoms with E-state index in [4.69, 9.17) is 5.11 Å². The molecule has 0 spiro atoms. The Morgan fingerprint density at radius 3 is 2.60 bits per heavy atom. The number of carbonyl (C=O) groups excluding carboxylic acids is 1. The van der Waals surface area contributed by atoms with Gasteiger partial charge in [-0.2, -0.15) is 0 Å². The number of benzene rings is 1. The van der Waals surface area contributed by atoms with Gasteiger partial charge in [0.1, 0.15) is 5.82 Å². The van der Waals surface area contributed by atoms with Crippen LogP contribution in [0, 0.1) is 11.7 Å². The Kier molecular flexibility index (Phi) is 6.39. The first-order valence-electron chi connectivity index (χ1n) is 8.82. The van der Waals surface area contributed by atoms with Gasteiger partial charge in [-0.3, -0.25) is 4.79 Å². The average Bonchev–Trinajstić information content (AvgIpc) is 2.60. The first-order valence-corrected chi connectivity index (χ1v) is 8.82. The van der Waals surface area contributed by atoms with Gasteiger partial charge in [-0.05, 0) is 30.5 Å². The van der Waals surface area contributed by atoms with Crippen molar-refractivity contribution in [2.75, 3.05) is 20.1 Å². The van der Waals surface area contributed by atoms with Gasteiger partial charge in [0.2, 0.25) is 0 Å². The van der Waals surface area contributed by atoms with Gasteiger partial charge in [0, 0.05) is 25.6 Å². The summed E-state index contributed by atoms with van der Waals surface area (Å²) in [5.41, 5.74) is 0.670. The Hall–Kier alpha value is -2.11. The quantitative estimate of drug-likeness (QED) is 0.826. The number of hydrogen-bond acceptors (Lipinski definition) is 2. The van der Waals surface area contributed by atoms with Gasteiger partial charge in [0.05, 0.1) is 5.92 Å². The van der Waals surface area contributed by atoms with Gasteiger partial charge < -0.3 is 15.3 Å². The number of carboxylic acids is 1. The molecule has 1 atom stereocenters. The molecule has 1 aromatic rings. The van der Waals surface area contributed by atoms with Crippen LogP contribution in [-0.2, 0) is 10.2 Å². The molecule has 1 aliphatic rings. The van der Waals surface area contributed by atoms with Crippen LogP contribution in [0.25, 0.3) is 0 Å². The molecule has 0 heterocycles. The van der Waals surface area contributed by atoms with E-state index in [1.807, 2.05) is 6.07 Å². The molecule has 0 saturated heterocycles. The molecule has 1 aromatic carbocycles. The molecule has 1 fully saturated rings. The number of urea groups is 1. The van der Waals surface area contributed by atoms with Crippen LogP contribution in [0.4, 0.5) is 9.18 Å². The average molecular weight is 350 g/mol. The summed E-state index contributed by atoms with van der Waals surface area (Å²) in [7, 11) is 1.59. The molecule has 1 saturated carbocycles. The van der Waals surface area contributed by atoms with E-state index in [2.05, 4.69) is 5.32 Å². The third-order valence-electron chi connectivity index (χ3n) is 5.14. The van der Waals surface area contributed by atoms with Crippen molar-refractivity contribution in [1.82, 2.24) is 10.2 Å². The highest BCUT2D eigenvalue weighted by molar-refractivity contribution is 5.75. The second kappa shape index (κ2) is 8.32. The summed E-state index contributed by atoms with van der Waals surface area (Å²) >= 11 is 0. The number of aliphatic carboxylic acids is 1. The van der Waals surface area contributed by atoms with Crippen molar-refractivity contribution in [2.24, 2.45) is 5.92 Å². The monoisotopic (exact) mass is 350 g/mol. The van der Waals surface area contributed by atoms with Crippen LogP contribution in [0.2, 0.25) is 0 Å². The van der Waals surface area contributed by atoms with E-state index in [0.717, 1.165) is 37.7 Å². The fourth-order valence-electron chi connectivity index (χ4n) is 3.57. The number of carboxylic acid groups (broad SMARTS) is 1. The van der Waals surface area contributed by atoms with Crippen LogP contribution < -0.4 is 5.32 Å². The minimum atomic E-state index is -0.928. The summed E-state index contributed by atoms with van der Waals surface area (Å²) in [6, 6.07) is 6.34. The number of nitrogens with one attached hydrogen (secondary N) is 1. The van der Waals surface area contributed by atoms with Crippen molar-refractivity contribution in [3.63, 3.8) is 0 Å². The van der Waals surface area contributed by atoms with Crippen LogP contribution in [0.5, 0.6) is 0 Å². The molecular formula is C19H27FN2O3. The van der Waals surface area contributed by atoms with Crippen molar-refractivity contribution in [3.8, 4) is 0 Å². The van der Waals surface area contributed by atoms with Crippen molar-refractivity contribution in [3.05, 3.63) is 35.6 Å². The van der Waals surface area contributed by atoms with Crippen LogP contribution in [0.1, 0.15) is 44.6 Å². The molecule has 2 N–H and O–H groups in total. The highest BCUT2D eigenvalue weighted by atomic mass is 19.1. The summed E-state index contributed by atoms with van der Waals surface area (Å²) in [6.07, 6.45) is 5.08. The van der Waals surface area contributed by atoms with Gasteiger partial charge in [-0.15, -0.1) is 0 Å². The lowest BCUT2D eigenvalue weighted by atomic mass is 9.69. The van der Waals surface area contributed by atoms with Gasteiger partial charge in [-0.25, -0.2) is 9.18 Å². The van der Waals surface area contributed by atoms with E-state index in [1.165, 1.54) is 11.0 Å². The standard InChI is InChI=1S/C19H27FN2O3/c1-14(17(23)24)12-22(2)18(25)21-13-19(9-4-3-5-10-19)15-7-6-8-16(20)11-15/h6-8,11,14H,3-5,9-10,12-13H2,1-2H3,(H,21,25)(H,23,24). The molecule has 0 aromatic heterocycles. The van der Waals surface area contributed by atoms with E-state index in [0.29, 0.717) is 6.54 Å². The molecule has 0 bridgehead atoms. The van der Waals surface area contributed by atoms with Crippen LogP contribution in [0.3, 0.4) is 0 Å². The molecule has 2 rings (SSSR count). The first-order chi connectivity index (χ1) is 11.8. The third kappa shape index (κ3) is 4.94. The number of amides is 2. The number of hydrogen-bond donors (Lipinski definition) is 2. The maximum atomic E-state index is 13.7. The number of halogens is 1. The molecule has 0 radical (unpaired) electrons. The summed E-state index contributed by atoms with van der Waals surface area (Å²) < 4.78 is 13.7. The Morgan fingerprint density at radius 2 is 2.00 bits per heavy atom. The Balaban J connectivity index is 2.05.